The van der Waals surface area contributed by atoms with Crippen molar-refractivity contribution in [3.05, 3.63) is 71.8 Å². The van der Waals surface area contributed by atoms with E-state index >= 15 is 0 Å². The van der Waals surface area contributed by atoms with Gasteiger partial charge in [0.05, 0.1) is 6.42 Å². The van der Waals surface area contributed by atoms with Crippen molar-refractivity contribution in [3.8, 4) is 11.4 Å². The number of amides is 2. The highest BCUT2D eigenvalue weighted by Crippen LogP contribution is 2.20. The molecule has 2 aromatic carbocycles. The van der Waals surface area contributed by atoms with Crippen LogP contribution in [0.2, 0.25) is 0 Å². The van der Waals surface area contributed by atoms with E-state index in [1.165, 1.54) is 6.92 Å². The molecule has 0 aliphatic carbocycles. The molecule has 3 rings (SSSR count). The van der Waals surface area contributed by atoms with Crippen LogP contribution in [0.15, 0.2) is 60.7 Å². The maximum atomic E-state index is 12.3. The van der Waals surface area contributed by atoms with Crippen LogP contribution in [0.4, 0.5) is 11.6 Å². The summed E-state index contributed by atoms with van der Waals surface area (Å²) in [5.41, 5.74) is 3.04. The highest BCUT2D eigenvalue weighted by Gasteiger charge is 2.08. The number of hydrogen-bond donors (Lipinski definition) is 4. The van der Waals surface area contributed by atoms with Crippen molar-refractivity contribution in [1.82, 2.24) is 20.6 Å². The Bertz CT molecular complexity index is 1070. The molecule has 1 heterocycles. The Hall–Kier alpha value is -3.94. The third-order valence-corrected chi connectivity index (χ3v) is 4.93. The molecule has 0 unspecified atom stereocenters. The van der Waals surface area contributed by atoms with Gasteiger partial charge in [-0.3, -0.25) is 9.59 Å². The number of rotatable bonds is 11. The fourth-order valence-electron chi connectivity index (χ4n) is 3.21. The molecule has 0 atom stereocenters. The summed E-state index contributed by atoms with van der Waals surface area (Å²) in [5.74, 6) is 1.81. The van der Waals surface area contributed by atoms with E-state index in [4.69, 9.17) is 0 Å². The lowest BCUT2D eigenvalue weighted by molar-refractivity contribution is -0.120. The monoisotopic (exact) mass is 446 g/mol. The van der Waals surface area contributed by atoms with Crippen LogP contribution in [0.3, 0.4) is 0 Å². The van der Waals surface area contributed by atoms with Gasteiger partial charge in [0, 0.05) is 44.7 Å². The predicted molar refractivity (Wildman–Crippen MR) is 131 cm³/mol. The quantitative estimate of drug-likeness (QED) is 0.337. The van der Waals surface area contributed by atoms with Crippen LogP contribution < -0.4 is 21.3 Å². The van der Waals surface area contributed by atoms with Gasteiger partial charge in [0.25, 0.3) is 0 Å². The van der Waals surface area contributed by atoms with Gasteiger partial charge < -0.3 is 21.3 Å². The van der Waals surface area contributed by atoms with Crippen LogP contribution in [0.1, 0.15) is 18.1 Å². The first-order valence-electron chi connectivity index (χ1n) is 11.0. The fraction of sp³-hybridized carbons (Fsp3) is 0.280. The van der Waals surface area contributed by atoms with Crippen LogP contribution in [0.5, 0.6) is 0 Å². The van der Waals surface area contributed by atoms with Gasteiger partial charge in [0.15, 0.2) is 5.82 Å². The molecule has 2 amide bonds. The second-order valence-electron chi connectivity index (χ2n) is 7.62. The lowest BCUT2D eigenvalue weighted by atomic mass is 10.1. The second-order valence-corrected chi connectivity index (χ2v) is 7.62. The Morgan fingerprint density at radius 2 is 1.39 bits per heavy atom. The molecule has 8 heteroatoms. The summed E-state index contributed by atoms with van der Waals surface area (Å²) in [4.78, 5) is 32.5. The number of aromatic nitrogens is 2. The average molecular weight is 447 g/mol. The number of hydrogen-bond acceptors (Lipinski definition) is 6. The lowest BCUT2D eigenvalue weighted by Crippen LogP contribution is -2.30. The second kappa shape index (κ2) is 12.2. The lowest BCUT2D eigenvalue weighted by Gasteiger charge is -2.12. The smallest absolute Gasteiger partial charge is 0.224 e. The molecule has 0 aliphatic rings. The van der Waals surface area contributed by atoms with Gasteiger partial charge in [0.1, 0.15) is 11.6 Å². The van der Waals surface area contributed by atoms with Gasteiger partial charge in [0.2, 0.25) is 11.8 Å². The highest BCUT2D eigenvalue weighted by molar-refractivity contribution is 5.79. The summed E-state index contributed by atoms with van der Waals surface area (Å²) in [7, 11) is 0. The first kappa shape index (κ1) is 23.7. The van der Waals surface area contributed by atoms with Gasteiger partial charge in [-0.25, -0.2) is 9.97 Å². The molecule has 3 aromatic rings. The summed E-state index contributed by atoms with van der Waals surface area (Å²) < 4.78 is 0. The Kier molecular flexibility index (Phi) is 8.76. The standard InChI is InChI=1S/C25H30N6O2/c1-18-8-6-7-11-21(18)16-24(33)29-15-14-28-23-17-22(27-13-12-26-19(2)32)30-25(31-23)20-9-4-3-5-10-20/h3-11,17H,12-16H2,1-2H3,(H,26,32)(H,29,33)(H2,27,28,30,31). The minimum atomic E-state index is -0.0729. The highest BCUT2D eigenvalue weighted by atomic mass is 16.2. The molecule has 33 heavy (non-hydrogen) atoms. The summed E-state index contributed by atoms with van der Waals surface area (Å²) >= 11 is 0. The summed E-state index contributed by atoms with van der Waals surface area (Å²) in [6.07, 6.45) is 0.362. The predicted octanol–water partition coefficient (Wildman–Crippen LogP) is 2.77. The Morgan fingerprint density at radius 1 is 0.788 bits per heavy atom. The summed E-state index contributed by atoms with van der Waals surface area (Å²) in [5, 5.41) is 12.2. The van der Waals surface area contributed by atoms with E-state index in [-0.39, 0.29) is 11.8 Å². The maximum Gasteiger partial charge on any atom is 0.224 e. The van der Waals surface area contributed by atoms with E-state index in [9.17, 15) is 9.59 Å². The van der Waals surface area contributed by atoms with Gasteiger partial charge in [-0.05, 0) is 18.1 Å². The minimum Gasteiger partial charge on any atom is -0.368 e. The molecular weight excluding hydrogens is 416 g/mol. The summed E-state index contributed by atoms with van der Waals surface area (Å²) in [6, 6.07) is 19.4. The zero-order valence-electron chi connectivity index (χ0n) is 19.0. The van der Waals surface area contributed by atoms with Crippen molar-refractivity contribution >= 4 is 23.5 Å². The average Bonchev–Trinajstić information content (AvgIpc) is 2.81. The van der Waals surface area contributed by atoms with Crippen molar-refractivity contribution in [2.45, 2.75) is 20.3 Å². The van der Waals surface area contributed by atoms with E-state index in [1.54, 1.807) is 0 Å². The normalized spacial score (nSPS) is 10.4. The number of aryl methyl sites for hydroxylation is 1. The topological polar surface area (TPSA) is 108 Å². The van der Waals surface area contributed by atoms with Crippen LogP contribution >= 0.6 is 0 Å². The molecular formula is C25H30N6O2. The molecule has 172 valence electrons. The Labute approximate surface area is 194 Å². The van der Waals surface area contributed by atoms with E-state index in [1.807, 2.05) is 67.6 Å². The first-order valence-corrected chi connectivity index (χ1v) is 11.0. The van der Waals surface area contributed by atoms with E-state index in [0.717, 1.165) is 16.7 Å². The van der Waals surface area contributed by atoms with E-state index in [0.29, 0.717) is 50.1 Å². The van der Waals surface area contributed by atoms with Crippen molar-refractivity contribution in [2.24, 2.45) is 0 Å². The number of anilines is 2. The zero-order chi connectivity index (χ0) is 23.5. The van der Waals surface area contributed by atoms with Gasteiger partial charge in [-0.2, -0.15) is 0 Å². The molecule has 0 saturated carbocycles. The number of nitrogens with zero attached hydrogens (tertiary/aromatic N) is 2. The molecule has 0 saturated heterocycles. The number of carbonyl (C=O) groups excluding carboxylic acids is 2. The van der Waals surface area contributed by atoms with Gasteiger partial charge >= 0.3 is 0 Å². The SMILES string of the molecule is CC(=O)NCCNc1cc(NCCNC(=O)Cc2ccccc2C)nc(-c2ccccc2)n1. The van der Waals surface area contributed by atoms with Crippen LogP contribution in [0.25, 0.3) is 11.4 Å². The third kappa shape index (κ3) is 7.92. The molecule has 8 nitrogen and oxygen atoms in total. The Balaban J connectivity index is 1.57. The number of benzene rings is 2. The van der Waals surface area contributed by atoms with Crippen LogP contribution in [-0.4, -0.2) is 48.0 Å². The van der Waals surface area contributed by atoms with Crippen molar-refractivity contribution in [2.75, 3.05) is 36.8 Å². The number of nitrogens with one attached hydrogen (secondary N) is 4. The fourth-order valence-corrected chi connectivity index (χ4v) is 3.21. The van der Waals surface area contributed by atoms with Gasteiger partial charge in [-0.1, -0.05) is 54.6 Å². The maximum absolute atomic E-state index is 12.3. The molecule has 0 bridgehead atoms. The van der Waals surface area contributed by atoms with Crippen molar-refractivity contribution in [1.29, 1.82) is 0 Å². The molecule has 0 radical (unpaired) electrons. The van der Waals surface area contributed by atoms with E-state index < -0.39 is 0 Å². The van der Waals surface area contributed by atoms with Gasteiger partial charge in [-0.15, -0.1) is 0 Å². The van der Waals surface area contributed by atoms with Crippen LogP contribution in [0, 0.1) is 6.92 Å². The van der Waals surface area contributed by atoms with Crippen molar-refractivity contribution in [3.63, 3.8) is 0 Å². The molecule has 0 spiro atoms. The Morgan fingerprint density at radius 3 is 2.03 bits per heavy atom. The minimum absolute atomic E-state index is 0.0147. The van der Waals surface area contributed by atoms with E-state index in [2.05, 4.69) is 31.2 Å². The molecule has 1 aromatic heterocycles. The summed E-state index contributed by atoms with van der Waals surface area (Å²) in [6.45, 7) is 5.52. The molecule has 4 N–H and O–H groups in total. The first-order chi connectivity index (χ1) is 16.0. The number of carbonyl (C=O) groups is 2. The third-order valence-electron chi connectivity index (χ3n) is 4.93. The van der Waals surface area contributed by atoms with Crippen LogP contribution in [-0.2, 0) is 16.0 Å². The zero-order valence-corrected chi connectivity index (χ0v) is 19.0. The van der Waals surface area contributed by atoms with Crippen molar-refractivity contribution < 1.29 is 9.59 Å². The molecule has 0 fully saturated rings. The molecule has 0 aliphatic heterocycles. The largest absolute Gasteiger partial charge is 0.368 e.